The molecular weight excluding hydrogens is 338 g/mol. The number of carbonyl (C=O) groups excluding carboxylic acids is 2. The van der Waals surface area contributed by atoms with Gasteiger partial charge < -0.3 is 31.1 Å². The molecule has 2 amide bonds. The van der Waals surface area contributed by atoms with Crippen LogP contribution >= 0.6 is 0 Å². The van der Waals surface area contributed by atoms with Gasteiger partial charge in [-0.25, -0.2) is 0 Å². The maximum Gasteiger partial charge on any atom is 0.271 e. The first-order valence-electron chi connectivity index (χ1n) is 7.22. The average molecular weight is 357 g/mol. The van der Waals surface area contributed by atoms with Crippen LogP contribution in [0, 0.1) is 10.1 Å². The molecule has 0 saturated carbocycles. The zero-order chi connectivity index (χ0) is 19.0. The molecule has 1 aromatic rings. The molecular formula is C14H19N3O8. The van der Waals surface area contributed by atoms with Crippen molar-refractivity contribution in [3.63, 3.8) is 0 Å². The van der Waals surface area contributed by atoms with Crippen molar-refractivity contribution in [2.75, 3.05) is 26.3 Å². The molecule has 0 bridgehead atoms. The van der Waals surface area contributed by atoms with Crippen LogP contribution in [0.2, 0.25) is 0 Å². The molecule has 0 fully saturated rings. The summed E-state index contributed by atoms with van der Waals surface area (Å²) in [6.07, 6.45) is -2.38. The Morgan fingerprint density at radius 2 is 1.36 bits per heavy atom. The molecule has 0 radical (unpaired) electrons. The zero-order valence-corrected chi connectivity index (χ0v) is 13.1. The van der Waals surface area contributed by atoms with Crippen molar-refractivity contribution in [3.05, 3.63) is 39.4 Å². The van der Waals surface area contributed by atoms with Gasteiger partial charge in [0.05, 0.1) is 30.3 Å². The average Bonchev–Trinajstić information content (AvgIpc) is 2.62. The van der Waals surface area contributed by atoms with Gasteiger partial charge in [-0.2, -0.15) is 0 Å². The zero-order valence-electron chi connectivity index (χ0n) is 13.1. The molecule has 0 aromatic heterocycles. The van der Waals surface area contributed by atoms with Gasteiger partial charge in [0, 0.05) is 36.3 Å². The van der Waals surface area contributed by atoms with E-state index in [0.29, 0.717) is 0 Å². The molecule has 0 spiro atoms. The van der Waals surface area contributed by atoms with E-state index >= 15 is 0 Å². The van der Waals surface area contributed by atoms with Crippen molar-refractivity contribution < 1.29 is 34.9 Å². The van der Waals surface area contributed by atoms with Gasteiger partial charge in [-0.3, -0.25) is 19.7 Å². The molecule has 0 aliphatic heterocycles. The van der Waals surface area contributed by atoms with Crippen LogP contribution in [0.3, 0.4) is 0 Å². The highest BCUT2D eigenvalue weighted by Crippen LogP contribution is 2.17. The number of non-ortho nitro benzene ring substituents is 1. The highest BCUT2D eigenvalue weighted by Gasteiger charge is 2.19. The second-order valence-corrected chi connectivity index (χ2v) is 5.12. The van der Waals surface area contributed by atoms with Crippen LogP contribution in [-0.2, 0) is 0 Å². The lowest BCUT2D eigenvalue weighted by Gasteiger charge is -2.11. The van der Waals surface area contributed by atoms with E-state index < -0.39 is 47.8 Å². The molecule has 0 aliphatic rings. The smallest absolute Gasteiger partial charge is 0.271 e. The topological polar surface area (TPSA) is 182 Å². The summed E-state index contributed by atoms with van der Waals surface area (Å²) in [6, 6.07) is 3.02. The molecule has 138 valence electrons. The van der Waals surface area contributed by atoms with Crippen LogP contribution in [0.25, 0.3) is 0 Å². The molecule has 6 N–H and O–H groups in total. The maximum absolute atomic E-state index is 12.0. The predicted octanol–water partition coefficient (Wildman–Crippen LogP) is -2.24. The van der Waals surface area contributed by atoms with Crippen molar-refractivity contribution in [1.82, 2.24) is 10.6 Å². The van der Waals surface area contributed by atoms with Crippen LogP contribution in [0.1, 0.15) is 20.7 Å². The van der Waals surface area contributed by atoms with Crippen molar-refractivity contribution in [3.8, 4) is 0 Å². The molecule has 0 unspecified atom stereocenters. The Labute approximate surface area is 142 Å². The van der Waals surface area contributed by atoms with Crippen molar-refractivity contribution in [2.24, 2.45) is 0 Å². The fraction of sp³-hybridized carbons (Fsp3) is 0.429. The second kappa shape index (κ2) is 9.64. The van der Waals surface area contributed by atoms with Crippen LogP contribution < -0.4 is 10.6 Å². The molecule has 25 heavy (non-hydrogen) atoms. The number of hydrogen-bond donors (Lipinski definition) is 6. The van der Waals surface area contributed by atoms with Gasteiger partial charge in [0.25, 0.3) is 17.5 Å². The Kier molecular flexibility index (Phi) is 7.88. The minimum Gasteiger partial charge on any atom is -0.394 e. The highest BCUT2D eigenvalue weighted by atomic mass is 16.6. The van der Waals surface area contributed by atoms with Crippen LogP contribution in [-0.4, -0.2) is 75.7 Å². The summed E-state index contributed by atoms with van der Waals surface area (Å²) in [5.41, 5.74) is -0.873. The van der Waals surface area contributed by atoms with E-state index in [1.807, 2.05) is 0 Å². The van der Waals surface area contributed by atoms with Crippen LogP contribution in [0.5, 0.6) is 0 Å². The summed E-state index contributed by atoms with van der Waals surface area (Å²) >= 11 is 0. The van der Waals surface area contributed by atoms with E-state index in [-0.39, 0.29) is 24.2 Å². The monoisotopic (exact) mass is 357 g/mol. The van der Waals surface area contributed by atoms with E-state index in [2.05, 4.69) is 10.6 Å². The van der Waals surface area contributed by atoms with E-state index in [1.165, 1.54) is 0 Å². The largest absolute Gasteiger partial charge is 0.394 e. The first kappa shape index (κ1) is 20.4. The number of nitro benzene ring substituents is 1. The van der Waals surface area contributed by atoms with E-state index in [4.69, 9.17) is 10.2 Å². The lowest BCUT2D eigenvalue weighted by Crippen LogP contribution is -2.35. The Balaban J connectivity index is 2.98. The number of aliphatic hydroxyl groups is 4. The molecule has 1 aromatic carbocycles. The van der Waals surface area contributed by atoms with Crippen molar-refractivity contribution >= 4 is 17.5 Å². The van der Waals surface area contributed by atoms with E-state index in [1.54, 1.807) is 0 Å². The first-order valence-corrected chi connectivity index (χ1v) is 7.22. The standard InChI is InChI=1S/C14H19N3O8/c18-6-11(20)4-15-13(22)8-1-9(3-10(2-8)17(24)25)14(23)16-5-12(21)7-19/h1-3,11-12,18-21H,4-7H2,(H,15,22)(H,16,23)/t11-,12+. The minimum atomic E-state index is -1.19. The Bertz CT molecular complexity index is 592. The molecule has 1 rings (SSSR count). The number of nitrogens with one attached hydrogen (secondary N) is 2. The number of aliphatic hydroxyl groups excluding tert-OH is 4. The number of hydrogen-bond acceptors (Lipinski definition) is 8. The lowest BCUT2D eigenvalue weighted by molar-refractivity contribution is -0.384. The van der Waals surface area contributed by atoms with Crippen molar-refractivity contribution in [1.29, 1.82) is 0 Å². The van der Waals surface area contributed by atoms with Gasteiger partial charge in [0.1, 0.15) is 0 Å². The number of benzene rings is 1. The third kappa shape index (κ3) is 6.43. The molecule has 11 nitrogen and oxygen atoms in total. The summed E-state index contributed by atoms with van der Waals surface area (Å²) in [6.45, 7) is -1.70. The summed E-state index contributed by atoms with van der Waals surface area (Å²) in [5.74, 6) is -1.55. The fourth-order valence-corrected chi connectivity index (χ4v) is 1.73. The normalized spacial score (nSPS) is 13.0. The van der Waals surface area contributed by atoms with Gasteiger partial charge in [-0.1, -0.05) is 0 Å². The minimum absolute atomic E-state index is 0.188. The summed E-state index contributed by atoms with van der Waals surface area (Å²) in [5, 5.41) is 51.3. The van der Waals surface area contributed by atoms with Gasteiger partial charge in [0.15, 0.2) is 0 Å². The van der Waals surface area contributed by atoms with E-state index in [9.17, 15) is 29.9 Å². The van der Waals surface area contributed by atoms with Crippen molar-refractivity contribution in [2.45, 2.75) is 12.2 Å². The second-order valence-electron chi connectivity index (χ2n) is 5.12. The molecule has 0 saturated heterocycles. The number of amides is 2. The van der Waals surface area contributed by atoms with Gasteiger partial charge in [-0.15, -0.1) is 0 Å². The molecule has 11 heteroatoms. The summed E-state index contributed by atoms with van der Waals surface area (Å²) < 4.78 is 0. The number of carbonyl (C=O) groups is 2. The van der Waals surface area contributed by atoms with Gasteiger partial charge >= 0.3 is 0 Å². The predicted molar refractivity (Wildman–Crippen MR) is 83.9 cm³/mol. The Hall–Kier alpha value is -2.60. The van der Waals surface area contributed by atoms with Gasteiger partial charge in [0.2, 0.25) is 0 Å². The highest BCUT2D eigenvalue weighted by molar-refractivity contribution is 6.00. The summed E-state index contributed by atoms with van der Waals surface area (Å²) in [7, 11) is 0. The van der Waals surface area contributed by atoms with Crippen LogP contribution in [0.15, 0.2) is 18.2 Å². The summed E-state index contributed by atoms with van der Waals surface area (Å²) in [4.78, 5) is 34.2. The number of nitro groups is 1. The lowest BCUT2D eigenvalue weighted by atomic mass is 10.1. The van der Waals surface area contributed by atoms with E-state index in [0.717, 1.165) is 18.2 Å². The third-order valence-electron chi connectivity index (χ3n) is 3.07. The quantitative estimate of drug-likeness (QED) is 0.212. The van der Waals surface area contributed by atoms with Crippen LogP contribution in [0.4, 0.5) is 5.69 Å². The van der Waals surface area contributed by atoms with Gasteiger partial charge in [-0.05, 0) is 6.07 Å². The number of rotatable bonds is 9. The Morgan fingerprint density at radius 1 is 0.960 bits per heavy atom. The molecule has 0 heterocycles. The fourth-order valence-electron chi connectivity index (χ4n) is 1.73. The molecule has 2 atom stereocenters. The molecule has 0 aliphatic carbocycles. The Morgan fingerprint density at radius 3 is 1.68 bits per heavy atom. The SMILES string of the molecule is O=C(NC[C@H](O)CO)c1cc(C(=O)NC[C@@H](O)CO)cc([N+](=O)[O-])c1. The number of nitrogens with zero attached hydrogens (tertiary/aromatic N) is 1. The third-order valence-corrected chi connectivity index (χ3v) is 3.07. The maximum atomic E-state index is 12.0. The first-order chi connectivity index (χ1) is 11.8.